The summed E-state index contributed by atoms with van der Waals surface area (Å²) in [7, 11) is -4.34. The highest BCUT2D eigenvalue weighted by molar-refractivity contribution is 8.20. The minimum absolute atomic E-state index is 0.0241. The van der Waals surface area contributed by atoms with E-state index >= 15 is 0 Å². The molecule has 1 aliphatic carbocycles. The molecule has 1 saturated heterocycles. The predicted molar refractivity (Wildman–Crippen MR) is 88.3 cm³/mol. The van der Waals surface area contributed by atoms with Gasteiger partial charge in [-0.3, -0.25) is 9.55 Å². The second-order valence-electron chi connectivity index (χ2n) is 4.16. The molecule has 2 N–H and O–H groups in total. The largest absolute Gasteiger partial charge is 0.502 e. The number of rotatable bonds is 4. The van der Waals surface area contributed by atoms with Gasteiger partial charge in [-0.2, -0.15) is 8.42 Å². The van der Waals surface area contributed by atoms with Gasteiger partial charge >= 0.3 is 0 Å². The van der Waals surface area contributed by atoms with Crippen molar-refractivity contribution >= 4 is 56.6 Å². The summed E-state index contributed by atoms with van der Waals surface area (Å²) in [5.41, 5.74) is 0.919. The summed E-state index contributed by atoms with van der Waals surface area (Å²) in [5, 5.41) is 8.88. The van der Waals surface area contributed by atoms with Crippen LogP contribution < -0.4 is 0 Å². The third kappa shape index (κ3) is 4.32. The van der Waals surface area contributed by atoms with Crippen LogP contribution in [0.15, 0.2) is 27.6 Å². The number of thioether (sulfide) groups is 2. The lowest BCUT2D eigenvalue weighted by Crippen LogP contribution is -2.17. The van der Waals surface area contributed by atoms with Crippen molar-refractivity contribution in [2.45, 2.75) is 17.5 Å². The van der Waals surface area contributed by atoms with Crippen molar-refractivity contribution in [3.8, 4) is 0 Å². The van der Waals surface area contributed by atoms with Crippen molar-refractivity contribution in [1.82, 2.24) is 0 Å². The molecule has 1 heterocycles. The molecule has 1 fully saturated rings. The molecule has 0 unspecified atom stereocenters. The third-order valence-corrected chi connectivity index (χ3v) is 6.45. The van der Waals surface area contributed by atoms with Gasteiger partial charge in [0, 0.05) is 24.3 Å². The van der Waals surface area contributed by atoms with Crippen LogP contribution in [0.2, 0.25) is 0 Å². The van der Waals surface area contributed by atoms with Gasteiger partial charge in [-0.25, -0.2) is 0 Å². The van der Waals surface area contributed by atoms with E-state index < -0.39 is 10.1 Å². The number of thiocarbonyl (C=S) groups is 1. The first-order valence-electron chi connectivity index (χ1n) is 5.76. The topological polar surface area (TPSA) is 87.0 Å². The quantitative estimate of drug-likeness (QED) is 0.594. The first kappa shape index (κ1) is 16.0. The summed E-state index contributed by atoms with van der Waals surface area (Å²) in [6, 6.07) is 0. The van der Waals surface area contributed by atoms with E-state index in [1.165, 1.54) is 6.08 Å². The van der Waals surface area contributed by atoms with Crippen LogP contribution in [0.4, 0.5) is 0 Å². The van der Waals surface area contributed by atoms with Gasteiger partial charge in [0.05, 0.1) is 5.71 Å². The molecule has 110 valence electrons. The van der Waals surface area contributed by atoms with Gasteiger partial charge in [0.25, 0.3) is 10.1 Å². The highest BCUT2D eigenvalue weighted by atomic mass is 32.2. The summed E-state index contributed by atoms with van der Waals surface area (Å²) in [5.74, 6) is 1.97. The van der Waals surface area contributed by atoms with Crippen LogP contribution in [-0.2, 0) is 10.1 Å². The summed E-state index contributed by atoms with van der Waals surface area (Å²) >= 11 is 7.89. The van der Waals surface area contributed by atoms with E-state index in [1.807, 2.05) is 0 Å². The molecule has 0 amide bonds. The van der Waals surface area contributed by atoms with E-state index in [1.54, 1.807) is 29.6 Å². The normalized spacial score (nSPS) is 22.8. The fourth-order valence-corrected chi connectivity index (χ4v) is 5.26. The van der Waals surface area contributed by atoms with Crippen LogP contribution >= 0.6 is 35.7 Å². The average Bonchev–Trinajstić information content (AvgIpc) is 2.82. The van der Waals surface area contributed by atoms with E-state index in [0.717, 1.165) is 11.5 Å². The van der Waals surface area contributed by atoms with Crippen LogP contribution in [0, 0.1) is 0 Å². The zero-order valence-electron chi connectivity index (χ0n) is 10.4. The Morgan fingerprint density at radius 3 is 2.65 bits per heavy atom. The van der Waals surface area contributed by atoms with E-state index in [9.17, 15) is 13.0 Å². The molecular weight excluding hydrogens is 338 g/mol. The summed E-state index contributed by atoms with van der Waals surface area (Å²) < 4.78 is 32.2. The average molecular weight is 351 g/mol. The van der Waals surface area contributed by atoms with Crippen molar-refractivity contribution < 1.29 is 18.1 Å². The SMILES string of the molecule is O=S(=O)(O)C1=CC(CC(O)=S)=CCC1=NC1SCCS1. The molecule has 1 aliphatic heterocycles. The third-order valence-electron chi connectivity index (χ3n) is 2.66. The fourth-order valence-electron chi connectivity index (χ4n) is 1.82. The van der Waals surface area contributed by atoms with Gasteiger partial charge in [-0.05, 0) is 23.9 Å². The maximum absolute atomic E-state index is 11.5. The molecule has 20 heavy (non-hydrogen) atoms. The van der Waals surface area contributed by atoms with Gasteiger partial charge in [0.15, 0.2) is 5.05 Å². The summed E-state index contributed by atoms with van der Waals surface area (Å²) in [6.45, 7) is 0. The molecule has 0 bridgehead atoms. The minimum atomic E-state index is -4.34. The van der Waals surface area contributed by atoms with Gasteiger partial charge in [0.2, 0.25) is 0 Å². The fraction of sp³-hybridized carbons (Fsp3) is 0.455. The van der Waals surface area contributed by atoms with Gasteiger partial charge in [-0.1, -0.05) is 6.08 Å². The van der Waals surface area contributed by atoms with E-state index in [4.69, 9.17) is 5.11 Å². The van der Waals surface area contributed by atoms with Gasteiger partial charge in [-0.15, -0.1) is 23.5 Å². The Bertz CT molecular complexity index is 600. The molecule has 0 aromatic rings. The molecule has 0 spiro atoms. The smallest absolute Gasteiger partial charge is 0.296 e. The first-order valence-corrected chi connectivity index (χ1v) is 9.71. The molecule has 2 rings (SSSR count). The van der Waals surface area contributed by atoms with E-state index in [-0.39, 0.29) is 21.1 Å². The Morgan fingerprint density at radius 2 is 2.10 bits per heavy atom. The maximum Gasteiger partial charge on any atom is 0.296 e. The van der Waals surface area contributed by atoms with Crippen molar-refractivity contribution in [3.63, 3.8) is 0 Å². The van der Waals surface area contributed by atoms with E-state index in [0.29, 0.717) is 17.7 Å². The van der Waals surface area contributed by atoms with Gasteiger partial charge < -0.3 is 5.11 Å². The second-order valence-corrected chi connectivity index (χ2v) is 8.70. The molecule has 9 heteroatoms. The Hall–Kier alpha value is -0.350. The monoisotopic (exact) mass is 351 g/mol. The van der Waals surface area contributed by atoms with Crippen molar-refractivity contribution in [2.75, 3.05) is 11.5 Å². The van der Waals surface area contributed by atoms with E-state index in [2.05, 4.69) is 17.2 Å². The number of aliphatic hydroxyl groups excluding tert-OH is 1. The summed E-state index contributed by atoms with van der Waals surface area (Å²) in [4.78, 5) is 4.20. The minimum Gasteiger partial charge on any atom is -0.502 e. The zero-order valence-corrected chi connectivity index (χ0v) is 13.6. The van der Waals surface area contributed by atoms with Crippen molar-refractivity contribution in [3.05, 3.63) is 22.6 Å². The zero-order chi connectivity index (χ0) is 14.8. The predicted octanol–water partition coefficient (Wildman–Crippen LogP) is 2.57. The lowest BCUT2D eigenvalue weighted by Gasteiger charge is -2.15. The Morgan fingerprint density at radius 1 is 1.45 bits per heavy atom. The second kappa shape index (κ2) is 6.61. The first-order chi connectivity index (χ1) is 9.36. The van der Waals surface area contributed by atoms with Crippen LogP contribution in [0.25, 0.3) is 0 Å². The number of allylic oxidation sites excluding steroid dienone is 3. The molecule has 2 aliphatic rings. The molecule has 5 nitrogen and oxygen atoms in total. The highest BCUT2D eigenvalue weighted by Gasteiger charge is 2.25. The number of aliphatic hydroxyl groups is 1. The molecule has 0 atom stereocenters. The standard InChI is InChI=1S/C11H13NO4S4/c13-10(17)6-7-1-2-8(9(5-7)20(14,15)16)12-11-18-3-4-19-11/h1,5,11H,2-4,6H2,(H,13,17)(H,14,15,16). The Kier molecular flexibility index (Phi) is 5.30. The number of aliphatic imine (C=N–C) groups is 1. The maximum atomic E-state index is 11.5. The van der Waals surface area contributed by atoms with Crippen LogP contribution in [0.3, 0.4) is 0 Å². The lowest BCUT2D eigenvalue weighted by atomic mass is 10.0. The highest BCUT2D eigenvalue weighted by Crippen LogP contribution is 2.34. The number of nitrogens with zero attached hydrogens (tertiary/aromatic N) is 1. The van der Waals surface area contributed by atoms with Crippen molar-refractivity contribution in [1.29, 1.82) is 0 Å². The Labute approximate surface area is 131 Å². The number of hydrogen-bond donors (Lipinski definition) is 2. The number of hydrogen-bond acceptors (Lipinski definition) is 6. The molecule has 0 radical (unpaired) electrons. The molecular formula is C11H13NO4S4. The van der Waals surface area contributed by atoms with Crippen LogP contribution in [0.5, 0.6) is 0 Å². The molecule has 0 saturated carbocycles. The van der Waals surface area contributed by atoms with Crippen LogP contribution in [-0.4, -0.2) is 45.1 Å². The Balaban J connectivity index is 2.29. The lowest BCUT2D eigenvalue weighted by molar-refractivity contribution is 0.492. The van der Waals surface area contributed by atoms with Crippen molar-refractivity contribution in [2.24, 2.45) is 4.99 Å². The summed E-state index contributed by atoms with van der Waals surface area (Å²) in [6.07, 6.45) is 3.49. The molecule has 0 aromatic heterocycles. The molecule has 0 aromatic carbocycles. The van der Waals surface area contributed by atoms with Crippen LogP contribution in [0.1, 0.15) is 12.8 Å². The van der Waals surface area contributed by atoms with Gasteiger partial charge in [0.1, 0.15) is 9.61 Å².